The van der Waals surface area contributed by atoms with Crippen LogP contribution in [0.15, 0.2) is 24.3 Å². The fourth-order valence-corrected chi connectivity index (χ4v) is 2.94. The van der Waals surface area contributed by atoms with Crippen molar-refractivity contribution in [2.75, 3.05) is 6.54 Å². The lowest BCUT2D eigenvalue weighted by molar-refractivity contribution is 0.0911. The zero-order valence-corrected chi connectivity index (χ0v) is 16.4. The van der Waals surface area contributed by atoms with Crippen LogP contribution >= 0.6 is 0 Å². The minimum Gasteiger partial charge on any atom is -0.350 e. The van der Waals surface area contributed by atoms with E-state index in [2.05, 4.69) is 15.6 Å². The van der Waals surface area contributed by atoms with E-state index in [1.807, 2.05) is 59.7 Å². The molecule has 0 saturated carbocycles. The second-order valence-corrected chi connectivity index (χ2v) is 6.86. The number of carbonyl (C=O) groups excluding carboxylic acids is 2. The molecule has 0 fully saturated rings. The number of rotatable bonds is 5. The molecular formula is C21H27N3O2. The van der Waals surface area contributed by atoms with Gasteiger partial charge >= 0.3 is 0 Å². The number of aryl methyl sites for hydroxylation is 3. The highest BCUT2D eigenvalue weighted by molar-refractivity contribution is 5.97. The number of amides is 2. The molecule has 0 bridgehead atoms. The van der Waals surface area contributed by atoms with Gasteiger partial charge in [-0.3, -0.25) is 14.6 Å². The van der Waals surface area contributed by atoms with E-state index in [0.29, 0.717) is 17.7 Å². The zero-order chi connectivity index (χ0) is 19.4. The summed E-state index contributed by atoms with van der Waals surface area (Å²) in [6, 6.07) is 7.22. The van der Waals surface area contributed by atoms with E-state index in [0.717, 1.165) is 28.1 Å². The summed E-state index contributed by atoms with van der Waals surface area (Å²) in [5, 5.41) is 5.81. The summed E-state index contributed by atoms with van der Waals surface area (Å²) >= 11 is 0. The van der Waals surface area contributed by atoms with Gasteiger partial charge in [0, 0.05) is 23.8 Å². The van der Waals surface area contributed by atoms with Crippen molar-refractivity contribution in [1.29, 1.82) is 0 Å². The Morgan fingerprint density at radius 1 is 1.00 bits per heavy atom. The van der Waals surface area contributed by atoms with Crippen molar-refractivity contribution in [3.8, 4) is 0 Å². The van der Waals surface area contributed by atoms with Crippen LogP contribution in [0, 0.1) is 34.6 Å². The maximum atomic E-state index is 12.7. The van der Waals surface area contributed by atoms with Crippen molar-refractivity contribution in [2.45, 2.75) is 47.6 Å². The van der Waals surface area contributed by atoms with Gasteiger partial charge in [0.05, 0.1) is 11.3 Å². The normalized spacial score (nSPS) is 11.8. The van der Waals surface area contributed by atoms with E-state index >= 15 is 0 Å². The average Bonchev–Trinajstić information content (AvgIpc) is 2.57. The first-order chi connectivity index (χ1) is 12.2. The lowest BCUT2D eigenvalue weighted by Gasteiger charge is -2.18. The van der Waals surface area contributed by atoms with Gasteiger partial charge in [0.25, 0.3) is 11.8 Å². The van der Waals surface area contributed by atoms with Crippen molar-refractivity contribution in [3.63, 3.8) is 0 Å². The lowest BCUT2D eigenvalue weighted by Crippen LogP contribution is -2.42. The minimum absolute atomic E-state index is 0.144. The highest BCUT2D eigenvalue weighted by Gasteiger charge is 2.18. The Morgan fingerprint density at radius 2 is 1.69 bits per heavy atom. The number of hydrogen-bond donors (Lipinski definition) is 2. The first-order valence-corrected chi connectivity index (χ1v) is 8.80. The summed E-state index contributed by atoms with van der Waals surface area (Å²) in [4.78, 5) is 29.3. The molecule has 0 aliphatic rings. The van der Waals surface area contributed by atoms with Crippen molar-refractivity contribution >= 4 is 11.8 Å². The molecule has 1 heterocycles. The maximum Gasteiger partial charge on any atom is 0.253 e. The van der Waals surface area contributed by atoms with Gasteiger partial charge in [-0.1, -0.05) is 17.7 Å². The molecule has 2 amide bonds. The van der Waals surface area contributed by atoms with Gasteiger partial charge in [0.15, 0.2) is 0 Å². The van der Waals surface area contributed by atoms with Gasteiger partial charge in [0.1, 0.15) is 0 Å². The average molecular weight is 353 g/mol. The number of benzene rings is 1. The first kappa shape index (κ1) is 19.6. The molecule has 1 atom stereocenters. The van der Waals surface area contributed by atoms with Crippen LogP contribution in [-0.2, 0) is 0 Å². The number of pyridine rings is 1. The largest absolute Gasteiger partial charge is 0.350 e. The SMILES string of the molecule is Cc1cccc(C(=O)NCC(C)NC(=O)c2c(C)nc(C)c(C)c2C)c1. The molecule has 0 saturated heterocycles. The van der Waals surface area contributed by atoms with Crippen molar-refractivity contribution in [2.24, 2.45) is 0 Å². The second kappa shape index (κ2) is 8.13. The van der Waals surface area contributed by atoms with Gasteiger partial charge in [-0.05, 0) is 64.8 Å². The maximum absolute atomic E-state index is 12.7. The van der Waals surface area contributed by atoms with Gasteiger partial charge in [-0.25, -0.2) is 0 Å². The third-order valence-corrected chi connectivity index (χ3v) is 4.63. The van der Waals surface area contributed by atoms with Crippen LogP contribution in [-0.4, -0.2) is 29.4 Å². The quantitative estimate of drug-likeness (QED) is 0.867. The van der Waals surface area contributed by atoms with Crippen LogP contribution in [0.5, 0.6) is 0 Å². The van der Waals surface area contributed by atoms with Crippen LogP contribution in [0.4, 0.5) is 0 Å². The van der Waals surface area contributed by atoms with Crippen LogP contribution < -0.4 is 10.6 Å². The molecular weight excluding hydrogens is 326 g/mol. The monoisotopic (exact) mass is 353 g/mol. The lowest BCUT2D eigenvalue weighted by atomic mass is 10.0. The Hall–Kier alpha value is -2.69. The summed E-state index contributed by atoms with van der Waals surface area (Å²) < 4.78 is 0. The summed E-state index contributed by atoms with van der Waals surface area (Å²) in [5.41, 5.74) is 5.91. The number of carbonyl (C=O) groups is 2. The van der Waals surface area contributed by atoms with E-state index < -0.39 is 0 Å². The summed E-state index contributed by atoms with van der Waals surface area (Å²) in [6.07, 6.45) is 0. The third kappa shape index (κ3) is 4.48. The predicted molar refractivity (Wildman–Crippen MR) is 104 cm³/mol. The van der Waals surface area contributed by atoms with E-state index in [1.54, 1.807) is 6.07 Å². The van der Waals surface area contributed by atoms with Crippen LogP contribution in [0.2, 0.25) is 0 Å². The number of nitrogens with zero attached hydrogens (tertiary/aromatic N) is 1. The Balaban J connectivity index is 2.00. The Morgan fingerprint density at radius 3 is 2.35 bits per heavy atom. The molecule has 5 nitrogen and oxygen atoms in total. The zero-order valence-electron chi connectivity index (χ0n) is 16.4. The molecule has 0 radical (unpaired) electrons. The van der Waals surface area contributed by atoms with Crippen molar-refractivity contribution < 1.29 is 9.59 Å². The molecule has 1 unspecified atom stereocenters. The van der Waals surface area contributed by atoms with Gasteiger partial charge in [-0.15, -0.1) is 0 Å². The Bertz CT molecular complexity index is 843. The molecule has 26 heavy (non-hydrogen) atoms. The Labute approximate surface area is 155 Å². The second-order valence-electron chi connectivity index (χ2n) is 6.86. The van der Waals surface area contributed by atoms with E-state index in [-0.39, 0.29) is 17.9 Å². The minimum atomic E-state index is -0.198. The summed E-state index contributed by atoms with van der Waals surface area (Å²) in [7, 11) is 0. The van der Waals surface area contributed by atoms with Crippen molar-refractivity contribution in [3.05, 3.63) is 63.5 Å². The molecule has 0 aliphatic carbocycles. The van der Waals surface area contributed by atoms with E-state index in [1.165, 1.54) is 0 Å². The highest BCUT2D eigenvalue weighted by atomic mass is 16.2. The predicted octanol–water partition coefficient (Wildman–Crippen LogP) is 3.17. The molecule has 0 aliphatic heterocycles. The van der Waals surface area contributed by atoms with Gasteiger partial charge < -0.3 is 10.6 Å². The third-order valence-electron chi connectivity index (χ3n) is 4.63. The molecule has 138 valence electrons. The number of aromatic nitrogens is 1. The molecule has 5 heteroatoms. The molecule has 2 rings (SSSR count). The number of hydrogen-bond acceptors (Lipinski definition) is 3. The molecule has 1 aromatic heterocycles. The van der Waals surface area contributed by atoms with Crippen LogP contribution in [0.25, 0.3) is 0 Å². The summed E-state index contributed by atoms with van der Waals surface area (Å²) in [6.45, 7) is 11.9. The molecule has 1 aromatic carbocycles. The fraction of sp³-hybridized carbons (Fsp3) is 0.381. The summed E-state index contributed by atoms with van der Waals surface area (Å²) in [5.74, 6) is -0.303. The van der Waals surface area contributed by atoms with Crippen LogP contribution in [0.3, 0.4) is 0 Å². The topological polar surface area (TPSA) is 71.1 Å². The van der Waals surface area contributed by atoms with Gasteiger partial charge in [0.2, 0.25) is 0 Å². The molecule has 2 aromatic rings. The molecule has 2 N–H and O–H groups in total. The van der Waals surface area contributed by atoms with Gasteiger partial charge in [-0.2, -0.15) is 0 Å². The van der Waals surface area contributed by atoms with Crippen LogP contribution in [0.1, 0.15) is 55.7 Å². The van der Waals surface area contributed by atoms with E-state index in [4.69, 9.17) is 0 Å². The molecule has 0 spiro atoms. The van der Waals surface area contributed by atoms with E-state index in [9.17, 15) is 9.59 Å². The van der Waals surface area contributed by atoms with Crippen molar-refractivity contribution in [1.82, 2.24) is 15.6 Å². The fourth-order valence-electron chi connectivity index (χ4n) is 2.94. The standard InChI is InChI=1S/C21H27N3O2/c1-12-8-7-9-18(10-12)20(25)22-11-13(2)23-21(26)19-15(4)14(3)16(5)24-17(19)6/h7-10,13H,11H2,1-6H3,(H,22,25)(H,23,26). The Kier molecular flexibility index (Phi) is 6.14. The first-order valence-electron chi connectivity index (χ1n) is 8.80. The smallest absolute Gasteiger partial charge is 0.253 e. The highest BCUT2D eigenvalue weighted by Crippen LogP contribution is 2.18. The number of nitrogens with one attached hydrogen (secondary N) is 2.